The quantitative estimate of drug-likeness (QED) is 0.160. The SMILES string of the molecule is c1ccc(-c2ccc(-c3nc(-c4ccc(-c5ccccc5)cc4)nc(-c4ccccc4N(c4ccccc4)c4cccc5ccccc45)n3)cc2)cc1. The van der Waals surface area contributed by atoms with E-state index in [-0.39, 0.29) is 0 Å². The van der Waals surface area contributed by atoms with Crippen LogP contribution in [0.15, 0.2) is 206 Å². The molecule has 0 atom stereocenters. The van der Waals surface area contributed by atoms with Crippen LogP contribution in [0.25, 0.3) is 67.2 Å². The third kappa shape index (κ3) is 6.46. The number of nitrogens with zero attached hydrogens (tertiary/aromatic N) is 4. The second kappa shape index (κ2) is 14.2. The molecule has 1 heterocycles. The molecular formula is C49H34N4. The number of aromatic nitrogens is 3. The summed E-state index contributed by atoms with van der Waals surface area (Å²) in [6.07, 6.45) is 0. The molecule has 0 aliphatic rings. The summed E-state index contributed by atoms with van der Waals surface area (Å²) in [6, 6.07) is 71.6. The molecule has 0 aliphatic carbocycles. The maximum atomic E-state index is 5.21. The first-order chi connectivity index (χ1) is 26.3. The van der Waals surface area contributed by atoms with E-state index >= 15 is 0 Å². The Hall–Kier alpha value is -7.17. The van der Waals surface area contributed by atoms with E-state index in [1.807, 2.05) is 18.2 Å². The minimum atomic E-state index is 0.598. The van der Waals surface area contributed by atoms with Crippen LogP contribution in [0.3, 0.4) is 0 Å². The van der Waals surface area contributed by atoms with Crippen LogP contribution < -0.4 is 4.90 Å². The van der Waals surface area contributed by atoms with Crippen molar-refractivity contribution in [2.75, 3.05) is 4.90 Å². The van der Waals surface area contributed by atoms with Crippen molar-refractivity contribution < 1.29 is 0 Å². The first-order valence-corrected chi connectivity index (χ1v) is 17.8. The van der Waals surface area contributed by atoms with Gasteiger partial charge in [-0.3, -0.25) is 0 Å². The molecule has 8 aromatic carbocycles. The Bertz CT molecular complexity index is 2530. The zero-order valence-corrected chi connectivity index (χ0v) is 28.9. The van der Waals surface area contributed by atoms with Gasteiger partial charge in [0.05, 0.1) is 11.4 Å². The van der Waals surface area contributed by atoms with E-state index in [1.54, 1.807) is 0 Å². The molecule has 53 heavy (non-hydrogen) atoms. The van der Waals surface area contributed by atoms with Gasteiger partial charge in [-0.25, -0.2) is 15.0 Å². The fourth-order valence-corrected chi connectivity index (χ4v) is 6.89. The molecule has 250 valence electrons. The smallest absolute Gasteiger partial charge is 0.166 e. The number of benzene rings is 8. The van der Waals surface area contributed by atoms with Crippen molar-refractivity contribution >= 4 is 27.8 Å². The third-order valence-corrected chi connectivity index (χ3v) is 9.54. The summed E-state index contributed by atoms with van der Waals surface area (Å²) in [5.41, 5.74) is 10.4. The van der Waals surface area contributed by atoms with Crippen LogP contribution in [0.5, 0.6) is 0 Å². The van der Waals surface area contributed by atoms with Crippen molar-refractivity contribution in [3.8, 4) is 56.4 Å². The summed E-state index contributed by atoms with van der Waals surface area (Å²) in [7, 11) is 0. The molecule has 9 aromatic rings. The summed E-state index contributed by atoms with van der Waals surface area (Å²) < 4.78 is 0. The summed E-state index contributed by atoms with van der Waals surface area (Å²) in [6.45, 7) is 0. The van der Waals surface area contributed by atoms with Gasteiger partial charge < -0.3 is 4.90 Å². The molecule has 1 aromatic heterocycles. The molecule has 0 spiro atoms. The van der Waals surface area contributed by atoms with Crippen molar-refractivity contribution in [1.29, 1.82) is 0 Å². The average molecular weight is 679 g/mol. The van der Waals surface area contributed by atoms with Crippen molar-refractivity contribution in [3.05, 3.63) is 206 Å². The van der Waals surface area contributed by atoms with E-state index in [1.165, 1.54) is 5.39 Å². The van der Waals surface area contributed by atoms with Gasteiger partial charge >= 0.3 is 0 Å². The van der Waals surface area contributed by atoms with Crippen LogP contribution in [-0.2, 0) is 0 Å². The fourth-order valence-electron chi connectivity index (χ4n) is 6.89. The van der Waals surface area contributed by atoms with E-state index in [0.29, 0.717) is 17.5 Å². The van der Waals surface area contributed by atoms with Crippen LogP contribution in [0.1, 0.15) is 0 Å². The van der Waals surface area contributed by atoms with Crippen LogP contribution >= 0.6 is 0 Å². The fraction of sp³-hybridized carbons (Fsp3) is 0. The lowest BCUT2D eigenvalue weighted by Gasteiger charge is -2.28. The molecular weight excluding hydrogens is 645 g/mol. The summed E-state index contributed by atoms with van der Waals surface area (Å²) >= 11 is 0. The molecule has 0 unspecified atom stereocenters. The van der Waals surface area contributed by atoms with Crippen molar-refractivity contribution in [2.45, 2.75) is 0 Å². The van der Waals surface area contributed by atoms with E-state index in [9.17, 15) is 0 Å². The summed E-state index contributed by atoms with van der Waals surface area (Å²) in [5, 5.41) is 2.33. The lowest BCUT2D eigenvalue weighted by molar-refractivity contribution is 1.07. The summed E-state index contributed by atoms with van der Waals surface area (Å²) in [4.78, 5) is 17.8. The standard InChI is InChI=1S/C49H34N4/c1-4-15-35(16-5-1)37-27-31-40(32-28-37)47-50-48(41-33-29-38(30-34-41)36-17-6-2-7-18-36)52-49(51-47)44-24-12-13-25-46(44)53(42-21-8-3-9-22-42)45-26-14-20-39-19-10-11-23-43(39)45/h1-34H. The van der Waals surface area contributed by atoms with E-state index in [0.717, 1.165) is 61.4 Å². The largest absolute Gasteiger partial charge is 0.309 e. The number of fused-ring (bicyclic) bond motifs is 1. The number of hydrogen-bond donors (Lipinski definition) is 0. The molecule has 0 amide bonds. The predicted molar refractivity (Wildman–Crippen MR) is 219 cm³/mol. The van der Waals surface area contributed by atoms with Crippen molar-refractivity contribution in [3.63, 3.8) is 0 Å². The van der Waals surface area contributed by atoms with Gasteiger partial charge in [-0.2, -0.15) is 0 Å². The molecule has 0 N–H and O–H groups in total. The van der Waals surface area contributed by atoms with Crippen LogP contribution in [0.2, 0.25) is 0 Å². The molecule has 0 saturated carbocycles. The Balaban J connectivity index is 1.22. The maximum Gasteiger partial charge on any atom is 0.166 e. The highest BCUT2D eigenvalue weighted by Crippen LogP contribution is 2.43. The molecule has 9 rings (SSSR count). The van der Waals surface area contributed by atoms with Gasteiger partial charge in [0.2, 0.25) is 0 Å². The van der Waals surface area contributed by atoms with Gasteiger partial charge in [0.25, 0.3) is 0 Å². The Morgan fingerprint density at radius 1 is 0.283 bits per heavy atom. The number of rotatable bonds is 8. The van der Waals surface area contributed by atoms with Crippen LogP contribution in [0.4, 0.5) is 17.1 Å². The van der Waals surface area contributed by atoms with Crippen LogP contribution in [-0.4, -0.2) is 15.0 Å². The second-order valence-electron chi connectivity index (χ2n) is 12.9. The molecule has 0 bridgehead atoms. The normalized spacial score (nSPS) is 11.0. The molecule has 0 aliphatic heterocycles. The predicted octanol–water partition coefficient (Wildman–Crippen LogP) is 12.8. The first kappa shape index (κ1) is 31.8. The van der Waals surface area contributed by atoms with Crippen molar-refractivity contribution in [2.24, 2.45) is 0 Å². The maximum absolute atomic E-state index is 5.21. The number of anilines is 3. The molecule has 0 saturated heterocycles. The monoisotopic (exact) mass is 678 g/mol. The average Bonchev–Trinajstić information content (AvgIpc) is 3.25. The molecule has 0 radical (unpaired) electrons. The van der Waals surface area contributed by atoms with Crippen molar-refractivity contribution in [1.82, 2.24) is 15.0 Å². The Kier molecular flexibility index (Phi) is 8.53. The Morgan fingerprint density at radius 2 is 0.698 bits per heavy atom. The highest BCUT2D eigenvalue weighted by molar-refractivity contribution is 6.00. The van der Waals surface area contributed by atoms with Gasteiger partial charge in [0.15, 0.2) is 17.5 Å². The van der Waals surface area contributed by atoms with E-state index < -0.39 is 0 Å². The lowest BCUT2D eigenvalue weighted by Crippen LogP contribution is -2.12. The topological polar surface area (TPSA) is 41.9 Å². The zero-order valence-electron chi connectivity index (χ0n) is 28.9. The van der Waals surface area contributed by atoms with Gasteiger partial charge in [0, 0.05) is 27.8 Å². The second-order valence-corrected chi connectivity index (χ2v) is 12.9. The minimum absolute atomic E-state index is 0.598. The summed E-state index contributed by atoms with van der Waals surface area (Å²) in [5.74, 6) is 1.83. The van der Waals surface area contributed by atoms with Gasteiger partial charge in [0.1, 0.15) is 0 Å². The molecule has 4 heteroatoms. The highest BCUT2D eigenvalue weighted by atomic mass is 15.2. The van der Waals surface area contributed by atoms with E-state index in [4.69, 9.17) is 15.0 Å². The Morgan fingerprint density at radius 3 is 1.30 bits per heavy atom. The lowest BCUT2D eigenvalue weighted by atomic mass is 10.0. The molecule has 0 fully saturated rings. The first-order valence-electron chi connectivity index (χ1n) is 17.8. The third-order valence-electron chi connectivity index (χ3n) is 9.54. The highest BCUT2D eigenvalue weighted by Gasteiger charge is 2.21. The van der Waals surface area contributed by atoms with Gasteiger partial charge in [-0.1, -0.05) is 176 Å². The Labute approximate surface area is 309 Å². The van der Waals surface area contributed by atoms with Gasteiger partial charge in [-0.15, -0.1) is 0 Å². The number of para-hydroxylation sites is 2. The van der Waals surface area contributed by atoms with Crippen LogP contribution in [0, 0.1) is 0 Å². The van der Waals surface area contributed by atoms with Gasteiger partial charge in [-0.05, 0) is 58.0 Å². The number of hydrogen-bond acceptors (Lipinski definition) is 4. The minimum Gasteiger partial charge on any atom is -0.309 e. The van der Waals surface area contributed by atoms with E-state index in [2.05, 4.69) is 193 Å². The molecule has 4 nitrogen and oxygen atoms in total. The zero-order chi connectivity index (χ0) is 35.4.